The molecule has 0 saturated carbocycles. The molecule has 2 N–H and O–H groups in total. The largest absolute Gasteiger partial charge is 0.351 e. The van der Waals surface area contributed by atoms with Crippen molar-refractivity contribution in [3.05, 3.63) is 120 Å². The first-order chi connectivity index (χ1) is 18.0. The number of amides is 1. The molecule has 182 valence electrons. The zero-order chi connectivity index (χ0) is 25.4. The van der Waals surface area contributed by atoms with E-state index in [1.54, 1.807) is 12.3 Å². The number of nitrogens with zero attached hydrogens (tertiary/aromatic N) is 2. The molecular formula is C31H26N4O2. The second-order valence-corrected chi connectivity index (χ2v) is 9.52. The van der Waals surface area contributed by atoms with E-state index in [0.29, 0.717) is 12.2 Å². The van der Waals surface area contributed by atoms with E-state index >= 15 is 0 Å². The van der Waals surface area contributed by atoms with Crippen LogP contribution in [0.2, 0.25) is 0 Å². The SMILES string of the molecule is CC1(N2C[C@H](NC(=O)c3cc4ccccc4[nH]3)N=Cc3ccccc32)C=C(c2ccccc2)C=CC1=O. The molecular weight excluding hydrogens is 460 g/mol. The molecule has 0 saturated heterocycles. The Morgan fingerprint density at radius 3 is 2.59 bits per heavy atom. The number of benzodiazepines with no additional fused rings is 1. The molecule has 0 bridgehead atoms. The molecule has 1 aromatic heterocycles. The summed E-state index contributed by atoms with van der Waals surface area (Å²) in [4.78, 5) is 36.6. The zero-order valence-corrected chi connectivity index (χ0v) is 20.4. The van der Waals surface area contributed by atoms with Crippen LogP contribution in [0.5, 0.6) is 0 Å². The summed E-state index contributed by atoms with van der Waals surface area (Å²) in [6, 6.07) is 27.5. The molecule has 6 rings (SSSR count). The highest BCUT2D eigenvalue weighted by Crippen LogP contribution is 2.35. The average Bonchev–Trinajstić information content (AvgIpc) is 3.28. The number of aliphatic imine (C=N–C) groups is 1. The monoisotopic (exact) mass is 486 g/mol. The minimum atomic E-state index is -0.964. The summed E-state index contributed by atoms with van der Waals surface area (Å²) >= 11 is 0. The summed E-state index contributed by atoms with van der Waals surface area (Å²) in [6.45, 7) is 2.26. The first-order valence-electron chi connectivity index (χ1n) is 12.3. The molecule has 0 spiro atoms. The third kappa shape index (κ3) is 4.16. The van der Waals surface area contributed by atoms with Crippen molar-refractivity contribution in [2.75, 3.05) is 11.4 Å². The number of hydrogen-bond acceptors (Lipinski definition) is 4. The Kier molecular flexibility index (Phi) is 5.57. The Balaban J connectivity index is 1.36. The zero-order valence-electron chi connectivity index (χ0n) is 20.4. The number of aromatic nitrogens is 1. The number of carbonyl (C=O) groups excluding carboxylic acids is 2. The maximum atomic E-state index is 13.5. The van der Waals surface area contributed by atoms with Crippen molar-refractivity contribution in [1.29, 1.82) is 0 Å². The Bertz CT molecular complexity index is 1560. The molecule has 1 amide bonds. The van der Waals surface area contributed by atoms with Crippen LogP contribution in [-0.4, -0.2) is 41.1 Å². The van der Waals surface area contributed by atoms with Gasteiger partial charge in [0.25, 0.3) is 5.91 Å². The second-order valence-electron chi connectivity index (χ2n) is 9.52. The van der Waals surface area contributed by atoms with E-state index in [4.69, 9.17) is 4.99 Å². The van der Waals surface area contributed by atoms with E-state index in [9.17, 15) is 9.59 Å². The summed E-state index contributed by atoms with van der Waals surface area (Å²) in [5.41, 5.74) is 4.21. The number of aromatic amines is 1. The van der Waals surface area contributed by atoms with Gasteiger partial charge >= 0.3 is 0 Å². The fraction of sp³-hybridized carbons (Fsp3) is 0.129. The van der Waals surface area contributed by atoms with Gasteiger partial charge in [-0.1, -0.05) is 72.8 Å². The number of allylic oxidation sites excluding steroid dienone is 2. The fourth-order valence-corrected chi connectivity index (χ4v) is 5.06. The number of fused-ring (bicyclic) bond motifs is 2. The minimum Gasteiger partial charge on any atom is -0.351 e. The average molecular weight is 487 g/mol. The molecule has 1 unspecified atom stereocenters. The molecule has 2 aliphatic rings. The predicted octanol–water partition coefficient (Wildman–Crippen LogP) is 5.14. The van der Waals surface area contributed by atoms with Crippen LogP contribution in [0.4, 0.5) is 5.69 Å². The molecule has 6 heteroatoms. The topological polar surface area (TPSA) is 77.6 Å². The van der Waals surface area contributed by atoms with Crippen LogP contribution in [0.25, 0.3) is 16.5 Å². The molecule has 4 aromatic rings. The Morgan fingerprint density at radius 1 is 1.00 bits per heavy atom. The number of carbonyl (C=O) groups is 2. The maximum absolute atomic E-state index is 13.5. The number of anilines is 1. The van der Waals surface area contributed by atoms with Crippen molar-refractivity contribution in [3.63, 3.8) is 0 Å². The van der Waals surface area contributed by atoms with E-state index in [1.807, 2.05) is 104 Å². The molecule has 6 nitrogen and oxygen atoms in total. The van der Waals surface area contributed by atoms with Crippen LogP contribution >= 0.6 is 0 Å². The lowest BCUT2D eigenvalue weighted by atomic mass is 9.84. The van der Waals surface area contributed by atoms with E-state index in [1.165, 1.54) is 0 Å². The van der Waals surface area contributed by atoms with Gasteiger partial charge in [-0.2, -0.15) is 0 Å². The number of benzene rings is 3. The van der Waals surface area contributed by atoms with Crippen LogP contribution in [0, 0.1) is 0 Å². The third-order valence-corrected chi connectivity index (χ3v) is 7.07. The Morgan fingerprint density at radius 2 is 1.76 bits per heavy atom. The highest BCUT2D eigenvalue weighted by molar-refractivity contribution is 6.08. The lowest BCUT2D eigenvalue weighted by molar-refractivity contribution is -0.117. The van der Waals surface area contributed by atoms with Crippen LogP contribution in [0.15, 0.2) is 108 Å². The van der Waals surface area contributed by atoms with Crippen LogP contribution in [0.3, 0.4) is 0 Å². The summed E-state index contributed by atoms with van der Waals surface area (Å²) < 4.78 is 0. The standard InChI is InChI=1S/C31H26N4O2/c1-31(18-23(15-16-28(31)36)21-9-3-2-4-10-21)35-20-29(32-19-24-12-6-8-14-27(24)35)34-30(37)26-17-22-11-5-7-13-25(22)33-26/h2-19,29,33H,20H2,1H3,(H,34,37)/t29-,31?/m0/s1. The van der Waals surface area contributed by atoms with Gasteiger partial charge in [0.15, 0.2) is 5.78 Å². The number of para-hydroxylation sites is 2. The summed E-state index contributed by atoms with van der Waals surface area (Å²) in [5.74, 6) is -0.269. The van der Waals surface area contributed by atoms with Crippen molar-refractivity contribution in [2.24, 2.45) is 4.99 Å². The molecule has 3 aromatic carbocycles. The normalized spacial score (nSPS) is 20.9. The van der Waals surface area contributed by atoms with E-state index in [-0.39, 0.29) is 11.7 Å². The number of ketones is 1. The van der Waals surface area contributed by atoms with Gasteiger partial charge in [-0.25, -0.2) is 0 Å². The van der Waals surface area contributed by atoms with Crippen molar-refractivity contribution < 1.29 is 9.59 Å². The minimum absolute atomic E-state index is 0.0235. The number of H-pyrrole nitrogens is 1. The van der Waals surface area contributed by atoms with Gasteiger partial charge in [-0.15, -0.1) is 0 Å². The molecule has 1 aliphatic heterocycles. The van der Waals surface area contributed by atoms with E-state index < -0.39 is 11.7 Å². The highest BCUT2D eigenvalue weighted by atomic mass is 16.2. The lowest BCUT2D eigenvalue weighted by Crippen LogP contribution is -2.56. The first-order valence-corrected chi connectivity index (χ1v) is 12.3. The predicted molar refractivity (Wildman–Crippen MR) is 148 cm³/mol. The van der Waals surface area contributed by atoms with E-state index in [0.717, 1.165) is 33.3 Å². The van der Waals surface area contributed by atoms with Gasteiger partial charge < -0.3 is 15.2 Å². The van der Waals surface area contributed by atoms with Crippen LogP contribution in [-0.2, 0) is 4.79 Å². The van der Waals surface area contributed by atoms with Gasteiger partial charge in [-0.05, 0) is 48.4 Å². The van der Waals surface area contributed by atoms with E-state index in [2.05, 4.69) is 15.2 Å². The summed E-state index contributed by atoms with van der Waals surface area (Å²) in [6.07, 6.45) is 6.75. The molecule has 37 heavy (non-hydrogen) atoms. The van der Waals surface area contributed by atoms with Gasteiger partial charge in [-0.3, -0.25) is 14.6 Å². The van der Waals surface area contributed by atoms with Crippen LogP contribution in [0.1, 0.15) is 28.5 Å². The Labute approximate surface area is 215 Å². The number of hydrogen-bond donors (Lipinski definition) is 2. The molecule has 2 atom stereocenters. The number of rotatable bonds is 4. The van der Waals surface area contributed by atoms with Gasteiger partial charge in [0.2, 0.25) is 0 Å². The first kappa shape index (κ1) is 22.7. The quantitative estimate of drug-likeness (QED) is 0.419. The second kappa shape index (κ2) is 9.06. The van der Waals surface area contributed by atoms with Crippen molar-refractivity contribution in [3.8, 4) is 0 Å². The Hall–Kier alpha value is -4.71. The van der Waals surface area contributed by atoms with Crippen LogP contribution < -0.4 is 10.2 Å². The maximum Gasteiger partial charge on any atom is 0.269 e. The van der Waals surface area contributed by atoms with Gasteiger partial charge in [0.1, 0.15) is 17.4 Å². The lowest BCUT2D eigenvalue weighted by Gasteiger charge is -2.42. The third-order valence-electron chi connectivity index (χ3n) is 7.07. The smallest absolute Gasteiger partial charge is 0.269 e. The van der Waals surface area contributed by atoms with Gasteiger partial charge in [0, 0.05) is 28.4 Å². The fourth-order valence-electron chi connectivity index (χ4n) is 5.06. The summed E-state index contributed by atoms with van der Waals surface area (Å²) in [7, 11) is 0. The van der Waals surface area contributed by atoms with Gasteiger partial charge in [0.05, 0.1) is 6.54 Å². The van der Waals surface area contributed by atoms with Crippen molar-refractivity contribution in [2.45, 2.75) is 18.6 Å². The molecule has 2 heterocycles. The molecule has 1 aliphatic carbocycles. The molecule has 0 radical (unpaired) electrons. The van der Waals surface area contributed by atoms with Crippen molar-refractivity contribution in [1.82, 2.24) is 10.3 Å². The number of nitrogens with one attached hydrogen (secondary N) is 2. The molecule has 0 fully saturated rings. The van der Waals surface area contributed by atoms with Crippen molar-refractivity contribution >= 4 is 40.1 Å². The highest BCUT2D eigenvalue weighted by Gasteiger charge is 2.41. The summed E-state index contributed by atoms with van der Waals surface area (Å²) in [5, 5.41) is 4.02.